The Morgan fingerprint density at radius 3 is 2.04 bits per heavy atom. The Labute approximate surface area is 462 Å². The predicted molar refractivity (Wildman–Crippen MR) is 297 cm³/mol. The van der Waals surface area contributed by atoms with Crippen molar-refractivity contribution in [2.24, 2.45) is 22.2 Å². The SMILES string of the molecule is CCCC[C@H](NC(C)=O)C(=O)N1[C@H](C(N)=O)CCCCNC(=O)[C@H](Cc2c[nH]c3ccccc23)NC(=O)[C@H](CCCN=C(N)N)NC(=O)[C@@H](Cc2ccc(-c3ccccc3)cc2)NC(=O)[C@H](Cc2cnc[nH]2)NC(=O)[C@@H]1CC(=O)O. The highest BCUT2D eigenvalue weighted by Gasteiger charge is 2.43. The summed E-state index contributed by atoms with van der Waals surface area (Å²) in [6.07, 6.45) is 4.01. The molecule has 1 aliphatic heterocycles. The molecule has 1 aliphatic rings. The Kier molecular flexibility index (Phi) is 22.2. The number of hydrogen-bond acceptors (Lipinski definition) is 11. The molecular formula is C56H72N14O10. The number of hydrogen-bond donors (Lipinski definition) is 12. The van der Waals surface area contributed by atoms with Gasteiger partial charge >= 0.3 is 5.97 Å². The van der Waals surface area contributed by atoms with Gasteiger partial charge in [-0.1, -0.05) is 92.6 Å². The van der Waals surface area contributed by atoms with Crippen LogP contribution in [-0.4, -0.2) is 140 Å². The Balaban J connectivity index is 1.47. The minimum Gasteiger partial charge on any atom is -0.481 e. The molecule has 7 atom stereocenters. The Morgan fingerprint density at radius 2 is 1.39 bits per heavy atom. The Morgan fingerprint density at radius 1 is 0.750 bits per heavy atom. The Hall–Kier alpha value is -9.09. The van der Waals surface area contributed by atoms with Gasteiger partial charge in [0.25, 0.3) is 0 Å². The first-order valence-electron chi connectivity index (χ1n) is 26.7. The van der Waals surface area contributed by atoms with Crippen molar-refractivity contribution in [2.45, 2.75) is 133 Å². The van der Waals surface area contributed by atoms with E-state index in [0.29, 0.717) is 29.7 Å². The van der Waals surface area contributed by atoms with Crippen molar-refractivity contribution in [1.82, 2.24) is 51.8 Å². The van der Waals surface area contributed by atoms with Gasteiger partial charge in [-0.15, -0.1) is 0 Å². The van der Waals surface area contributed by atoms with Gasteiger partial charge in [0.2, 0.25) is 47.3 Å². The number of nitrogens with one attached hydrogen (secondary N) is 8. The molecule has 24 nitrogen and oxygen atoms in total. The number of aliphatic carboxylic acids is 1. The molecule has 24 heteroatoms. The molecule has 0 bridgehead atoms. The summed E-state index contributed by atoms with van der Waals surface area (Å²) in [5.41, 5.74) is 21.4. The fourth-order valence-electron chi connectivity index (χ4n) is 9.64. The molecule has 80 heavy (non-hydrogen) atoms. The van der Waals surface area contributed by atoms with Crippen LogP contribution < -0.4 is 49.1 Å². The van der Waals surface area contributed by atoms with E-state index in [1.54, 1.807) is 18.3 Å². The largest absolute Gasteiger partial charge is 0.481 e. The average molecular weight is 1100 g/mol. The van der Waals surface area contributed by atoms with E-state index in [4.69, 9.17) is 17.2 Å². The summed E-state index contributed by atoms with van der Waals surface area (Å²) in [5, 5.41) is 27.7. The standard InChI is InChI=1S/C56H72N14O10/c1-3-4-16-42(65-33(2)71)55(80)70-46(49(57)74)19-10-11-24-61-50(75)44(27-37-30-63-40-17-9-8-15-39(37)40)68-51(76)41(18-12-25-62-56(58)59)66-52(77)43(26-34-20-22-36(23-21-34)35-13-6-5-7-14-35)67-53(78)45(28-38-31-60-32-64-38)69-54(79)47(70)29-48(72)73/h5-9,13-15,17,20-23,30-32,41-47,63H,3-4,10-12,16,18-19,24-29H2,1-2H3,(H2,57,74)(H,60,64)(H,61,75)(H,65,71)(H,66,77)(H,67,78)(H,68,76)(H,69,79)(H,72,73)(H4,58,59,62)/t41-,42-,43+,44-,45-,46-,47-/m0/s1. The fraction of sp³-hybridized carbons (Fsp3) is 0.411. The van der Waals surface area contributed by atoms with Crippen LogP contribution in [0, 0.1) is 0 Å². The van der Waals surface area contributed by atoms with Crippen molar-refractivity contribution >= 4 is 70.1 Å². The molecule has 3 aromatic carbocycles. The number of H-pyrrole nitrogens is 2. The van der Waals surface area contributed by atoms with Gasteiger partial charge < -0.3 is 69.1 Å². The molecule has 426 valence electrons. The van der Waals surface area contributed by atoms with E-state index in [2.05, 4.69) is 51.8 Å². The number of guanidine groups is 1. The summed E-state index contributed by atoms with van der Waals surface area (Å²) in [5.74, 6) is -8.79. The van der Waals surface area contributed by atoms with E-state index in [1.807, 2.05) is 73.7 Å². The van der Waals surface area contributed by atoms with Gasteiger partial charge in [0.15, 0.2) is 5.96 Å². The zero-order chi connectivity index (χ0) is 57.7. The molecule has 15 N–H and O–H groups in total. The topological polar surface area (TPSA) is 384 Å². The van der Waals surface area contributed by atoms with Gasteiger partial charge in [0, 0.05) is 68.3 Å². The first kappa shape index (κ1) is 60.1. The third-order valence-corrected chi connectivity index (χ3v) is 13.7. The van der Waals surface area contributed by atoms with E-state index in [1.165, 1.54) is 19.4 Å². The van der Waals surface area contributed by atoms with Gasteiger partial charge in [-0.3, -0.25) is 48.1 Å². The van der Waals surface area contributed by atoms with Gasteiger partial charge in [0.1, 0.15) is 42.3 Å². The van der Waals surface area contributed by atoms with Gasteiger partial charge in [-0.25, -0.2) is 4.98 Å². The summed E-state index contributed by atoms with van der Waals surface area (Å²) in [6, 6.07) is 13.5. The molecule has 1 saturated heterocycles. The number of para-hydroxylation sites is 1. The van der Waals surface area contributed by atoms with Crippen LogP contribution >= 0.6 is 0 Å². The number of carboxylic acids is 1. The third-order valence-electron chi connectivity index (χ3n) is 13.7. The molecule has 2 aromatic heterocycles. The molecule has 0 saturated carbocycles. The van der Waals surface area contributed by atoms with Crippen LogP contribution in [-0.2, 0) is 62.4 Å². The number of carboxylic acid groups (broad SMARTS) is 1. The van der Waals surface area contributed by atoms with E-state index in [0.717, 1.165) is 26.9 Å². The van der Waals surface area contributed by atoms with Crippen molar-refractivity contribution in [1.29, 1.82) is 0 Å². The van der Waals surface area contributed by atoms with Gasteiger partial charge in [-0.2, -0.15) is 0 Å². The van der Waals surface area contributed by atoms with Crippen molar-refractivity contribution in [3.63, 3.8) is 0 Å². The maximum absolute atomic E-state index is 15.0. The molecule has 3 heterocycles. The van der Waals surface area contributed by atoms with Crippen LogP contribution in [0.15, 0.2) is 103 Å². The molecule has 0 spiro atoms. The highest BCUT2D eigenvalue weighted by molar-refractivity contribution is 6.00. The minimum absolute atomic E-state index is 0.00799. The number of amides is 8. The number of imidazole rings is 1. The molecule has 0 aliphatic carbocycles. The number of aliphatic imine (C=N–C) groups is 1. The van der Waals surface area contributed by atoms with Crippen LogP contribution in [0.4, 0.5) is 0 Å². The summed E-state index contributed by atoms with van der Waals surface area (Å²) in [7, 11) is 0. The molecule has 5 aromatic rings. The number of primary amides is 1. The van der Waals surface area contributed by atoms with Crippen molar-refractivity contribution in [3.8, 4) is 11.1 Å². The second kappa shape index (κ2) is 29.6. The lowest BCUT2D eigenvalue weighted by Gasteiger charge is -2.38. The second-order valence-electron chi connectivity index (χ2n) is 19.8. The third kappa shape index (κ3) is 17.5. The van der Waals surface area contributed by atoms with Crippen LogP contribution in [0.2, 0.25) is 0 Å². The van der Waals surface area contributed by atoms with Crippen LogP contribution in [0.5, 0.6) is 0 Å². The number of benzene rings is 3. The second-order valence-corrected chi connectivity index (χ2v) is 19.8. The zero-order valence-electron chi connectivity index (χ0n) is 44.9. The number of unbranched alkanes of at least 4 members (excludes halogenated alkanes) is 1. The highest BCUT2D eigenvalue weighted by atomic mass is 16.4. The molecule has 6 rings (SSSR count). The fourth-order valence-corrected chi connectivity index (χ4v) is 9.64. The predicted octanol–water partition coefficient (Wildman–Crippen LogP) is 1.10. The van der Waals surface area contributed by atoms with Gasteiger partial charge in [0.05, 0.1) is 12.7 Å². The number of aromatic amines is 2. The molecule has 8 amide bonds. The quantitative estimate of drug-likeness (QED) is 0.0314. The smallest absolute Gasteiger partial charge is 0.305 e. The lowest BCUT2D eigenvalue weighted by atomic mass is 9.98. The van der Waals surface area contributed by atoms with Crippen molar-refractivity contribution < 1.29 is 48.3 Å². The van der Waals surface area contributed by atoms with Crippen molar-refractivity contribution in [3.05, 3.63) is 114 Å². The lowest BCUT2D eigenvalue weighted by molar-refractivity contribution is -0.153. The summed E-state index contributed by atoms with van der Waals surface area (Å²) in [6.45, 7) is 3.06. The highest BCUT2D eigenvalue weighted by Crippen LogP contribution is 2.23. The number of nitrogens with zero attached hydrogens (tertiary/aromatic N) is 3. The van der Waals surface area contributed by atoms with Gasteiger partial charge in [-0.05, 0) is 66.8 Å². The zero-order valence-corrected chi connectivity index (χ0v) is 44.9. The maximum atomic E-state index is 15.0. The Bertz CT molecular complexity index is 2960. The number of nitrogens with two attached hydrogens (primary N) is 3. The first-order valence-corrected chi connectivity index (χ1v) is 26.7. The van der Waals surface area contributed by atoms with E-state index in [9.17, 15) is 48.3 Å². The normalized spacial score (nSPS) is 20.4. The van der Waals surface area contributed by atoms with Crippen molar-refractivity contribution in [2.75, 3.05) is 13.1 Å². The van der Waals surface area contributed by atoms with E-state index >= 15 is 0 Å². The number of rotatable bonds is 19. The summed E-state index contributed by atoms with van der Waals surface area (Å²) >= 11 is 0. The number of carbonyl (C=O) groups is 9. The van der Waals surface area contributed by atoms with Crippen LogP contribution in [0.25, 0.3) is 22.0 Å². The lowest BCUT2D eigenvalue weighted by Crippen LogP contribution is -2.64. The number of fused-ring (bicyclic) bond motifs is 1. The molecular weight excluding hydrogens is 1030 g/mol. The van der Waals surface area contributed by atoms with E-state index in [-0.39, 0.29) is 76.8 Å². The molecule has 0 radical (unpaired) electrons. The number of carbonyl (C=O) groups excluding carboxylic acids is 8. The van der Waals surface area contributed by atoms with Crippen LogP contribution in [0.3, 0.4) is 0 Å². The summed E-state index contributed by atoms with van der Waals surface area (Å²) < 4.78 is 0. The maximum Gasteiger partial charge on any atom is 0.305 e. The summed E-state index contributed by atoms with van der Waals surface area (Å²) in [4.78, 5) is 143. The molecule has 0 unspecified atom stereocenters. The van der Waals surface area contributed by atoms with Crippen LogP contribution in [0.1, 0.15) is 88.5 Å². The van der Waals surface area contributed by atoms with E-state index < -0.39 is 102 Å². The first-order chi connectivity index (χ1) is 38.4. The molecule has 1 fully saturated rings. The minimum atomic E-state index is -2.01. The monoisotopic (exact) mass is 1100 g/mol. The average Bonchev–Trinajstić information content (AvgIpc) is 4.11. The number of aromatic nitrogens is 3.